The summed E-state index contributed by atoms with van der Waals surface area (Å²) in [6.07, 6.45) is 7.91. The molecule has 13 heteroatoms. The number of anilines is 1. The number of nitrogens with one attached hydrogen (secondary N) is 1. The highest BCUT2D eigenvalue weighted by molar-refractivity contribution is 6.01. The number of ether oxygens (including phenoxy) is 2. The monoisotopic (exact) mass is 791 g/mol. The molecule has 1 aromatic heterocycles. The van der Waals surface area contributed by atoms with Gasteiger partial charge in [-0.05, 0) is 95.3 Å². The minimum absolute atomic E-state index is 0.0157. The summed E-state index contributed by atoms with van der Waals surface area (Å²) in [5, 5.41) is 27.4. The Kier molecular flexibility index (Phi) is 9.87. The summed E-state index contributed by atoms with van der Waals surface area (Å²) in [7, 11) is 1.46. The van der Waals surface area contributed by atoms with Crippen molar-refractivity contribution >= 4 is 34.1 Å². The maximum atomic E-state index is 17.5. The largest absolute Gasteiger partial charge is 0.492 e. The molecule has 1 unspecified atom stereocenters. The van der Waals surface area contributed by atoms with Crippen molar-refractivity contribution in [3.8, 4) is 5.75 Å². The molecule has 5 fully saturated rings. The molecular formula is C44H55F2N3O8. The standard InChI is InChI=1S/C44H55F2N3O8/c1-24-18-32-31-12-9-26-19-28(50)13-14-41(26,3)43(31,46)35(52)21-42(32,4)44(24,55)34(51)8-6-7-17-57-40(54)30-23-49(27-10-11-27)36-29(38(30)53)20-33(45)37(39(36)56-5)48-16-15-47-25(2)22-48/h13-14,19-20,23-25,27,31-32,35,47,52,55H,6-12,15-18,21-22H2,1-5H3/t24-,25?,31+,32+,35+,41+,42+,43+,44+/m0/s1. The molecule has 1 aromatic carbocycles. The number of aliphatic hydroxyl groups is 2. The van der Waals surface area contributed by atoms with E-state index in [9.17, 15) is 29.4 Å². The normalized spacial score (nSPS) is 36.0. The number of halogens is 2. The number of esters is 1. The Hall–Kier alpha value is -3.94. The number of carbonyl (C=O) groups is 3. The summed E-state index contributed by atoms with van der Waals surface area (Å²) < 4.78 is 46.6. The number of piperazine rings is 1. The first-order valence-corrected chi connectivity index (χ1v) is 20.7. The predicted octanol–water partition coefficient (Wildman–Crippen LogP) is 5.53. The molecule has 4 saturated carbocycles. The maximum absolute atomic E-state index is 17.5. The van der Waals surface area contributed by atoms with Crippen molar-refractivity contribution in [3.63, 3.8) is 0 Å². The van der Waals surface area contributed by atoms with Crippen LogP contribution in [-0.2, 0) is 14.3 Å². The number of aromatic nitrogens is 1. The number of rotatable bonds is 10. The number of fused-ring (bicyclic) bond motifs is 6. The molecule has 3 N–H and O–H groups in total. The van der Waals surface area contributed by atoms with Gasteiger partial charge in [-0.3, -0.25) is 14.4 Å². The van der Waals surface area contributed by atoms with E-state index in [-0.39, 0.29) is 78.6 Å². The Morgan fingerprint density at radius 2 is 1.86 bits per heavy atom. The van der Waals surface area contributed by atoms with Crippen molar-refractivity contribution < 1.29 is 42.9 Å². The van der Waals surface area contributed by atoms with E-state index < -0.39 is 57.3 Å². The van der Waals surface area contributed by atoms with E-state index in [1.807, 2.05) is 30.2 Å². The first-order valence-electron chi connectivity index (χ1n) is 20.7. The van der Waals surface area contributed by atoms with Crippen LogP contribution in [0.2, 0.25) is 0 Å². The molecule has 0 amide bonds. The molecule has 57 heavy (non-hydrogen) atoms. The number of alkyl halides is 1. The molecule has 0 spiro atoms. The number of nitrogens with zero attached hydrogens (tertiary/aromatic N) is 2. The fourth-order valence-corrected chi connectivity index (χ4v) is 11.8. The zero-order valence-corrected chi connectivity index (χ0v) is 33.5. The SMILES string of the molecule is COc1c(N2CCNC(C)C2)c(F)cc2c(=O)c(C(=O)OCCCCC(=O)[C@]3(O)[C@@H](C)C[C@@H]4[C@H]5CCC6=CC(=O)C=C[C@@]6(C)[C@]5(F)[C@H](O)C[C@]43C)cn(C3CC3)c12. The number of Topliss-reactive ketones (excluding diaryl/α,β-unsaturated/α-hetero) is 1. The lowest BCUT2D eigenvalue weighted by Gasteiger charge is -2.62. The average Bonchev–Trinajstić information content (AvgIpc) is 3.99. The van der Waals surface area contributed by atoms with E-state index in [0.29, 0.717) is 55.7 Å². The lowest BCUT2D eigenvalue weighted by atomic mass is 9.44. The number of pyridine rings is 1. The highest BCUT2D eigenvalue weighted by Crippen LogP contribution is 2.70. The highest BCUT2D eigenvalue weighted by Gasteiger charge is 2.75. The van der Waals surface area contributed by atoms with Crippen LogP contribution in [0.1, 0.15) is 102 Å². The van der Waals surface area contributed by atoms with Gasteiger partial charge in [-0.15, -0.1) is 0 Å². The first kappa shape index (κ1) is 39.9. The van der Waals surface area contributed by atoms with E-state index >= 15 is 8.78 Å². The third kappa shape index (κ3) is 5.87. The molecule has 5 aliphatic carbocycles. The molecule has 9 atom stereocenters. The Morgan fingerprint density at radius 3 is 2.56 bits per heavy atom. The number of methoxy groups -OCH3 is 1. The molecule has 2 aromatic rings. The Morgan fingerprint density at radius 1 is 1.11 bits per heavy atom. The molecule has 308 valence electrons. The molecule has 2 heterocycles. The quantitative estimate of drug-likeness (QED) is 0.208. The second-order valence-electron chi connectivity index (χ2n) is 18.1. The number of hydrogen-bond acceptors (Lipinski definition) is 10. The van der Waals surface area contributed by atoms with E-state index in [2.05, 4.69) is 5.32 Å². The first-order chi connectivity index (χ1) is 27.0. The van der Waals surface area contributed by atoms with Crippen molar-refractivity contribution in [1.29, 1.82) is 0 Å². The Labute approximate surface area is 331 Å². The van der Waals surface area contributed by atoms with Gasteiger partial charge in [0, 0.05) is 61.1 Å². The van der Waals surface area contributed by atoms with Crippen LogP contribution in [0, 0.1) is 34.4 Å². The molecule has 6 aliphatic rings. The molecule has 0 radical (unpaired) electrons. The second kappa shape index (κ2) is 14.1. The summed E-state index contributed by atoms with van der Waals surface area (Å²) in [5.74, 6) is -3.24. The van der Waals surface area contributed by atoms with Crippen molar-refractivity contribution in [2.24, 2.45) is 28.6 Å². The molecule has 0 bridgehead atoms. The van der Waals surface area contributed by atoms with Gasteiger partial charge in [-0.1, -0.05) is 25.5 Å². The van der Waals surface area contributed by atoms with E-state index in [1.165, 1.54) is 31.5 Å². The fraction of sp³-hybridized carbons (Fsp3) is 0.636. The van der Waals surface area contributed by atoms with Crippen molar-refractivity contribution in [2.45, 2.75) is 115 Å². The van der Waals surface area contributed by atoms with Crippen molar-refractivity contribution in [1.82, 2.24) is 9.88 Å². The van der Waals surface area contributed by atoms with Crippen LogP contribution in [0.3, 0.4) is 0 Å². The van der Waals surface area contributed by atoms with Gasteiger partial charge in [0.25, 0.3) is 0 Å². The highest BCUT2D eigenvalue weighted by atomic mass is 19.1. The van der Waals surface area contributed by atoms with Gasteiger partial charge in [0.05, 0.1) is 30.7 Å². The minimum atomic E-state index is -2.06. The summed E-state index contributed by atoms with van der Waals surface area (Å²) in [6.45, 7) is 9.09. The topological polar surface area (TPSA) is 147 Å². The fourth-order valence-electron chi connectivity index (χ4n) is 11.8. The third-order valence-electron chi connectivity index (χ3n) is 14.9. The molecular weight excluding hydrogens is 736 g/mol. The number of aliphatic hydroxyl groups excluding tert-OH is 1. The third-order valence-corrected chi connectivity index (χ3v) is 14.9. The molecule has 11 nitrogen and oxygen atoms in total. The number of hydrogen-bond donors (Lipinski definition) is 3. The van der Waals surface area contributed by atoms with Crippen molar-refractivity contribution in [2.75, 3.05) is 38.3 Å². The summed E-state index contributed by atoms with van der Waals surface area (Å²) in [6, 6.07) is 1.34. The van der Waals surface area contributed by atoms with Gasteiger partial charge in [0.15, 0.2) is 28.8 Å². The van der Waals surface area contributed by atoms with E-state index in [1.54, 1.807) is 13.0 Å². The van der Waals surface area contributed by atoms with E-state index in [0.717, 1.165) is 12.8 Å². The van der Waals surface area contributed by atoms with Crippen LogP contribution in [0.15, 0.2) is 40.9 Å². The van der Waals surface area contributed by atoms with Crippen LogP contribution < -0.4 is 20.4 Å². The van der Waals surface area contributed by atoms with Crippen molar-refractivity contribution in [3.05, 3.63) is 57.7 Å². The Balaban J connectivity index is 0.951. The van der Waals surface area contributed by atoms with Gasteiger partial charge in [0.2, 0.25) is 5.43 Å². The molecule has 8 rings (SSSR count). The van der Waals surface area contributed by atoms with Crippen LogP contribution >= 0.6 is 0 Å². The van der Waals surface area contributed by atoms with Crippen LogP contribution in [0.25, 0.3) is 10.9 Å². The van der Waals surface area contributed by atoms with Crippen LogP contribution in [0.5, 0.6) is 5.75 Å². The van der Waals surface area contributed by atoms with Crippen LogP contribution in [0.4, 0.5) is 14.5 Å². The summed E-state index contributed by atoms with van der Waals surface area (Å²) in [4.78, 5) is 55.4. The second-order valence-corrected chi connectivity index (χ2v) is 18.1. The summed E-state index contributed by atoms with van der Waals surface area (Å²) in [5.41, 5.74) is -5.55. The van der Waals surface area contributed by atoms with Gasteiger partial charge in [-0.25, -0.2) is 13.6 Å². The van der Waals surface area contributed by atoms with Gasteiger partial charge < -0.3 is 34.5 Å². The molecule has 1 aliphatic heterocycles. The van der Waals surface area contributed by atoms with Gasteiger partial charge >= 0.3 is 5.97 Å². The number of benzene rings is 1. The van der Waals surface area contributed by atoms with Gasteiger partial charge in [0.1, 0.15) is 16.9 Å². The number of unbranched alkanes of at least 4 members (excludes halogenated alkanes) is 1. The minimum Gasteiger partial charge on any atom is -0.492 e. The lowest BCUT2D eigenvalue weighted by molar-refractivity contribution is -0.218. The smallest absolute Gasteiger partial charge is 0.343 e. The average molecular weight is 792 g/mol. The van der Waals surface area contributed by atoms with Gasteiger partial charge in [-0.2, -0.15) is 0 Å². The predicted molar refractivity (Wildman–Crippen MR) is 210 cm³/mol. The zero-order valence-electron chi connectivity index (χ0n) is 33.5. The zero-order chi connectivity index (χ0) is 40.8. The van der Waals surface area contributed by atoms with E-state index in [4.69, 9.17) is 9.47 Å². The lowest BCUT2D eigenvalue weighted by Crippen LogP contribution is -2.69. The number of allylic oxidation sites excluding steroid dienone is 4. The Bertz CT molecular complexity index is 2150. The number of ketones is 2. The maximum Gasteiger partial charge on any atom is 0.343 e. The summed E-state index contributed by atoms with van der Waals surface area (Å²) >= 11 is 0. The molecule has 1 saturated heterocycles. The number of carbonyl (C=O) groups excluding carboxylic acids is 3. The van der Waals surface area contributed by atoms with Crippen LogP contribution in [-0.4, -0.2) is 89.1 Å².